The molecular weight excluding hydrogens is 312 g/mol. The summed E-state index contributed by atoms with van der Waals surface area (Å²) in [7, 11) is -3.07. The van der Waals surface area contributed by atoms with Gasteiger partial charge < -0.3 is 10.3 Å². The third-order valence-corrected chi connectivity index (χ3v) is 4.96. The predicted molar refractivity (Wildman–Crippen MR) is 91.8 cm³/mol. The first kappa shape index (κ1) is 15.7. The molecule has 0 spiro atoms. The minimum absolute atomic E-state index is 0.0893. The van der Waals surface area contributed by atoms with Crippen LogP contribution in [0.15, 0.2) is 24.3 Å². The summed E-state index contributed by atoms with van der Waals surface area (Å²) in [5, 5.41) is 0.931. The molecule has 3 rings (SSSR count). The van der Waals surface area contributed by atoms with Crippen molar-refractivity contribution in [1.82, 2.24) is 14.5 Å². The number of aromatic nitrogens is 3. The van der Waals surface area contributed by atoms with Gasteiger partial charge in [-0.05, 0) is 11.5 Å². The Morgan fingerprint density at radius 2 is 2.00 bits per heavy atom. The molecule has 0 unspecified atom stereocenters. The number of benzene rings is 1. The summed E-state index contributed by atoms with van der Waals surface area (Å²) in [5.41, 5.74) is 7.77. The fourth-order valence-electron chi connectivity index (χ4n) is 3.04. The molecule has 7 heteroatoms. The zero-order valence-electron chi connectivity index (χ0n) is 13.4. The van der Waals surface area contributed by atoms with Gasteiger partial charge in [-0.25, -0.2) is 18.4 Å². The van der Waals surface area contributed by atoms with Gasteiger partial charge in [0.05, 0.1) is 16.8 Å². The molecule has 3 aromatic rings. The molecule has 23 heavy (non-hydrogen) atoms. The Morgan fingerprint density at radius 3 is 2.70 bits per heavy atom. The number of hydrogen-bond donors (Lipinski definition) is 1. The van der Waals surface area contributed by atoms with E-state index in [4.69, 9.17) is 5.73 Å². The summed E-state index contributed by atoms with van der Waals surface area (Å²) in [4.78, 5) is 8.61. The van der Waals surface area contributed by atoms with Crippen LogP contribution in [-0.4, -0.2) is 35.0 Å². The smallest absolute Gasteiger partial charge is 0.177 e. The molecule has 0 aliphatic carbocycles. The molecule has 0 atom stereocenters. The largest absolute Gasteiger partial charge is 0.382 e. The van der Waals surface area contributed by atoms with Crippen LogP contribution in [0.1, 0.15) is 13.8 Å². The topological polar surface area (TPSA) is 90.9 Å². The van der Waals surface area contributed by atoms with Crippen molar-refractivity contribution in [2.45, 2.75) is 20.4 Å². The number of sulfone groups is 1. The first-order valence-electron chi connectivity index (χ1n) is 7.26. The summed E-state index contributed by atoms with van der Waals surface area (Å²) in [6.07, 6.45) is 4.19. The van der Waals surface area contributed by atoms with Crippen molar-refractivity contribution >= 4 is 37.6 Å². The average molecular weight is 331 g/mol. The number of rotatable bonds is 4. The molecule has 0 saturated carbocycles. The summed E-state index contributed by atoms with van der Waals surface area (Å²) in [5.74, 6) is 0.445. The van der Waals surface area contributed by atoms with Gasteiger partial charge in [0.25, 0.3) is 0 Å². The minimum Gasteiger partial charge on any atom is -0.382 e. The van der Waals surface area contributed by atoms with E-state index >= 15 is 0 Å². The lowest BCUT2D eigenvalue weighted by Gasteiger charge is -2.24. The Kier molecular flexibility index (Phi) is 3.55. The fraction of sp³-hybridized carbons (Fsp3) is 0.375. The normalized spacial score (nSPS) is 13.0. The Bertz CT molecular complexity index is 990. The molecule has 0 aliphatic rings. The van der Waals surface area contributed by atoms with Crippen LogP contribution in [0.2, 0.25) is 0 Å². The molecule has 2 heterocycles. The number of hydrogen-bond acceptors (Lipinski definition) is 5. The molecule has 0 bridgehead atoms. The van der Waals surface area contributed by atoms with Crippen molar-refractivity contribution in [1.29, 1.82) is 0 Å². The van der Waals surface area contributed by atoms with Crippen molar-refractivity contribution in [3.63, 3.8) is 0 Å². The maximum Gasteiger partial charge on any atom is 0.177 e. The highest BCUT2D eigenvalue weighted by molar-refractivity contribution is 7.90. The maximum absolute atomic E-state index is 11.6. The van der Waals surface area contributed by atoms with Gasteiger partial charge in [0, 0.05) is 18.2 Å². The zero-order valence-corrected chi connectivity index (χ0v) is 14.2. The van der Waals surface area contributed by atoms with Crippen LogP contribution in [0.5, 0.6) is 0 Å². The SMILES string of the molecule is CC(C)(Cn1[c]nc2c(N)nc3ccccc3c21)CS(C)(=O)=O. The van der Waals surface area contributed by atoms with Crippen molar-refractivity contribution in [3.8, 4) is 0 Å². The Balaban J connectivity index is 2.16. The standard InChI is InChI=1S/C16H19N4O2S/c1-16(2,9-23(3,21)22)8-20-10-18-13-14(20)11-6-4-5-7-12(11)19-15(13)17/h4-7H,8-9H2,1-3H3,(H2,17,19). The number of nitrogens with two attached hydrogens (primary N) is 1. The van der Waals surface area contributed by atoms with E-state index in [1.807, 2.05) is 42.7 Å². The van der Waals surface area contributed by atoms with Crippen molar-refractivity contribution in [3.05, 3.63) is 30.6 Å². The van der Waals surface area contributed by atoms with Crippen LogP contribution >= 0.6 is 0 Å². The lowest BCUT2D eigenvalue weighted by atomic mass is 9.96. The van der Waals surface area contributed by atoms with E-state index in [2.05, 4.69) is 16.3 Å². The van der Waals surface area contributed by atoms with Gasteiger partial charge in [-0.15, -0.1) is 0 Å². The number of anilines is 1. The van der Waals surface area contributed by atoms with Gasteiger partial charge in [-0.2, -0.15) is 0 Å². The van der Waals surface area contributed by atoms with E-state index < -0.39 is 15.3 Å². The molecule has 121 valence electrons. The molecular formula is C16H19N4O2S. The van der Waals surface area contributed by atoms with Crippen molar-refractivity contribution in [2.75, 3.05) is 17.7 Å². The van der Waals surface area contributed by atoms with E-state index in [-0.39, 0.29) is 5.75 Å². The van der Waals surface area contributed by atoms with E-state index in [0.29, 0.717) is 17.9 Å². The van der Waals surface area contributed by atoms with Crippen molar-refractivity contribution in [2.24, 2.45) is 5.41 Å². The quantitative estimate of drug-likeness (QED) is 0.790. The predicted octanol–water partition coefficient (Wildman–Crippen LogP) is 2.04. The number of nitrogen functional groups attached to an aromatic ring is 1. The van der Waals surface area contributed by atoms with Crippen LogP contribution in [0, 0.1) is 11.7 Å². The molecule has 0 aliphatic heterocycles. The summed E-state index contributed by atoms with van der Waals surface area (Å²) < 4.78 is 25.1. The minimum atomic E-state index is -3.07. The third-order valence-electron chi connectivity index (χ3n) is 3.66. The molecule has 1 aromatic carbocycles. The third kappa shape index (κ3) is 3.14. The van der Waals surface area contributed by atoms with Crippen LogP contribution < -0.4 is 5.73 Å². The molecule has 2 aromatic heterocycles. The monoisotopic (exact) mass is 331 g/mol. The molecule has 0 amide bonds. The lowest BCUT2D eigenvalue weighted by Crippen LogP contribution is -2.28. The maximum atomic E-state index is 11.6. The number of imidazole rings is 1. The van der Waals surface area contributed by atoms with Gasteiger partial charge in [0.1, 0.15) is 15.4 Å². The highest BCUT2D eigenvalue weighted by Gasteiger charge is 2.25. The summed E-state index contributed by atoms with van der Waals surface area (Å²) in [6.45, 7) is 4.31. The Morgan fingerprint density at radius 1 is 1.30 bits per heavy atom. The summed E-state index contributed by atoms with van der Waals surface area (Å²) >= 11 is 0. The van der Waals surface area contributed by atoms with E-state index in [1.54, 1.807) is 0 Å². The summed E-state index contributed by atoms with van der Waals surface area (Å²) in [6, 6.07) is 7.68. The fourth-order valence-corrected chi connectivity index (χ4v) is 4.56. The molecule has 2 N–H and O–H groups in total. The Hall–Kier alpha value is -2.15. The first-order valence-corrected chi connectivity index (χ1v) is 9.32. The second-order valence-corrected chi connectivity index (χ2v) is 8.88. The number of para-hydroxylation sites is 1. The Labute approximate surface area is 135 Å². The number of fused-ring (bicyclic) bond motifs is 3. The highest BCUT2D eigenvalue weighted by atomic mass is 32.2. The first-order chi connectivity index (χ1) is 10.7. The van der Waals surface area contributed by atoms with Gasteiger partial charge in [-0.1, -0.05) is 32.0 Å². The van der Waals surface area contributed by atoms with Gasteiger partial charge in [0.2, 0.25) is 0 Å². The second-order valence-electron chi connectivity index (χ2n) is 6.74. The molecule has 0 saturated heterocycles. The van der Waals surface area contributed by atoms with Crippen LogP contribution in [0.25, 0.3) is 21.9 Å². The molecule has 1 radical (unpaired) electrons. The molecule has 6 nitrogen and oxygen atoms in total. The second kappa shape index (κ2) is 5.19. The molecule has 0 fully saturated rings. The average Bonchev–Trinajstić information content (AvgIpc) is 2.80. The highest BCUT2D eigenvalue weighted by Crippen LogP contribution is 2.29. The number of pyridine rings is 1. The van der Waals surface area contributed by atoms with Gasteiger partial charge in [0.15, 0.2) is 12.1 Å². The van der Waals surface area contributed by atoms with E-state index in [1.165, 1.54) is 6.26 Å². The van der Waals surface area contributed by atoms with Crippen LogP contribution in [-0.2, 0) is 16.4 Å². The lowest BCUT2D eigenvalue weighted by molar-refractivity contribution is 0.349. The van der Waals surface area contributed by atoms with E-state index in [9.17, 15) is 8.42 Å². The van der Waals surface area contributed by atoms with Gasteiger partial charge >= 0.3 is 0 Å². The zero-order chi connectivity index (χ0) is 16.8. The van der Waals surface area contributed by atoms with E-state index in [0.717, 1.165) is 16.4 Å². The number of nitrogens with zero attached hydrogens (tertiary/aromatic N) is 3. The van der Waals surface area contributed by atoms with Crippen LogP contribution in [0.3, 0.4) is 0 Å². The van der Waals surface area contributed by atoms with Crippen molar-refractivity contribution < 1.29 is 8.42 Å². The van der Waals surface area contributed by atoms with Gasteiger partial charge in [-0.3, -0.25) is 0 Å². The van der Waals surface area contributed by atoms with Crippen LogP contribution in [0.4, 0.5) is 5.82 Å².